The van der Waals surface area contributed by atoms with Gasteiger partial charge in [0, 0.05) is 18.7 Å². The van der Waals surface area contributed by atoms with E-state index in [4.69, 9.17) is 5.73 Å². The van der Waals surface area contributed by atoms with Crippen molar-refractivity contribution in [1.82, 2.24) is 4.31 Å². The molecule has 1 fully saturated rings. The van der Waals surface area contributed by atoms with Crippen LogP contribution in [0.25, 0.3) is 0 Å². The SMILES string of the molecule is NC(=O)c1ccc(CN2CCCS2(=O)=O)cc1. The van der Waals surface area contributed by atoms with E-state index in [1.54, 1.807) is 24.3 Å². The van der Waals surface area contributed by atoms with Crippen molar-refractivity contribution < 1.29 is 13.2 Å². The van der Waals surface area contributed by atoms with E-state index in [0.29, 0.717) is 25.1 Å². The van der Waals surface area contributed by atoms with Crippen molar-refractivity contribution in [3.8, 4) is 0 Å². The van der Waals surface area contributed by atoms with Crippen LogP contribution in [0.2, 0.25) is 0 Å². The highest BCUT2D eigenvalue weighted by Gasteiger charge is 2.27. The summed E-state index contributed by atoms with van der Waals surface area (Å²) in [5.74, 6) is -0.253. The van der Waals surface area contributed by atoms with Crippen molar-refractivity contribution in [1.29, 1.82) is 0 Å². The van der Waals surface area contributed by atoms with Gasteiger partial charge in [-0.3, -0.25) is 4.79 Å². The number of amides is 1. The van der Waals surface area contributed by atoms with Crippen LogP contribution in [-0.4, -0.2) is 30.9 Å². The van der Waals surface area contributed by atoms with Crippen LogP contribution in [0.1, 0.15) is 22.3 Å². The minimum Gasteiger partial charge on any atom is -0.366 e. The Bertz CT molecular complexity index is 522. The summed E-state index contributed by atoms with van der Waals surface area (Å²) < 4.78 is 24.7. The van der Waals surface area contributed by atoms with Crippen molar-refractivity contribution in [2.45, 2.75) is 13.0 Å². The molecule has 1 aromatic rings. The zero-order valence-electron chi connectivity index (χ0n) is 9.30. The van der Waals surface area contributed by atoms with Gasteiger partial charge in [-0.25, -0.2) is 8.42 Å². The van der Waals surface area contributed by atoms with Crippen molar-refractivity contribution >= 4 is 15.9 Å². The largest absolute Gasteiger partial charge is 0.366 e. The van der Waals surface area contributed by atoms with Gasteiger partial charge >= 0.3 is 0 Å². The molecule has 6 heteroatoms. The Balaban J connectivity index is 2.12. The van der Waals surface area contributed by atoms with Crippen molar-refractivity contribution in [3.63, 3.8) is 0 Å². The second-order valence-corrected chi connectivity index (χ2v) is 6.15. The summed E-state index contributed by atoms with van der Waals surface area (Å²) in [5, 5.41) is 0. The lowest BCUT2D eigenvalue weighted by Gasteiger charge is -2.14. The maximum atomic E-state index is 11.6. The smallest absolute Gasteiger partial charge is 0.248 e. The summed E-state index contributed by atoms with van der Waals surface area (Å²) in [4.78, 5) is 10.9. The molecule has 17 heavy (non-hydrogen) atoms. The van der Waals surface area contributed by atoms with E-state index in [2.05, 4.69) is 0 Å². The summed E-state index contributed by atoms with van der Waals surface area (Å²) in [7, 11) is -3.07. The van der Waals surface area contributed by atoms with Crippen LogP contribution in [0.5, 0.6) is 0 Å². The predicted molar refractivity (Wildman–Crippen MR) is 63.8 cm³/mol. The Morgan fingerprint density at radius 1 is 1.29 bits per heavy atom. The van der Waals surface area contributed by atoms with Crippen LogP contribution in [0.15, 0.2) is 24.3 Å². The van der Waals surface area contributed by atoms with E-state index in [0.717, 1.165) is 5.56 Å². The number of benzene rings is 1. The second kappa shape index (κ2) is 4.46. The molecule has 1 saturated heterocycles. The lowest BCUT2D eigenvalue weighted by molar-refractivity contribution is 0.100. The fraction of sp³-hybridized carbons (Fsp3) is 0.364. The normalized spacial score (nSPS) is 19.3. The van der Waals surface area contributed by atoms with E-state index < -0.39 is 15.9 Å². The van der Waals surface area contributed by atoms with Gasteiger partial charge in [-0.2, -0.15) is 4.31 Å². The number of hydrogen-bond acceptors (Lipinski definition) is 3. The first-order chi connectivity index (χ1) is 7.99. The zero-order chi connectivity index (χ0) is 12.5. The van der Waals surface area contributed by atoms with Crippen LogP contribution in [-0.2, 0) is 16.6 Å². The molecule has 0 spiro atoms. The standard InChI is InChI=1S/C11H14N2O3S/c12-11(14)10-4-2-9(3-5-10)8-13-6-1-7-17(13,15)16/h2-5H,1,6-8H2,(H2,12,14). The minimum atomic E-state index is -3.07. The number of hydrogen-bond donors (Lipinski definition) is 1. The molecule has 0 aromatic heterocycles. The summed E-state index contributed by atoms with van der Waals surface area (Å²) in [6, 6.07) is 6.68. The number of rotatable bonds is 3. The van der Waals surface area contributed by atoms with Gasteiger partial charge in [0.1, 0.15) is 0 Å². The maximum absolute atomic E-state index is 11.6. The van der Waals surface area contributed by atoms with Gasteiger partial charge in [-0.1, -0.05) is 12.1 Å². The highest BCUT2D eigenvalue weighted by Crippen LogP contribution is 2.17. The summed E-state index contributed by atoms with van der Waals surface area (Å²) >= 11 is 0. The molecule has 1 aliphatic rings. The number of carbonyl (C=O) groups is 1. The third-order valence-electron chi connectivity index (χ3n) is 2.80. The van der Waals surface area contributed by atoms with Gasteiger partial charge in [0.2, 0.25) is 15.9 Å². The van der Waals surface area contributed by atoms with Gasteiger partial charge < -0.3 is 5.73 Å². The molecule has 0 aliphatic carbocycles. The van der Waals surface area contributed by atoms with Crippen LogP contribution in [0, 0.1) is 0 Å². The molecule has 1 aromatic carbocycles. The van der Waals surface area contributed by atoms with Crippen LogP contribution < -0.4 is 5.73 Å². The third kappa shape index (κ3) is 2.65. The molecule has 0 atom stereocenters. The monoisotopic (exact) mass is 254 g/mol. The van der Waals surface area contributed by atoms with E-state index in [1.807, 2.05) is 0 Å². The summed E-state index contributed by atoms with van der Waals surface area (Å²) in [6.45, 7) is 0.932. The van der Waals surface area contributed by atoms with Gasteiger partial charge in [0.25, 0.3) is 0 Å². The average molecular weight is 254 g/mol. The molecule has 92 valence electrons. The Labute approximate surface area is 100 Å². The molecule has 1 aliphatic heterocycles. The molecule has 2 N–H and O–H groups in total. The highest BCUT2D eigenvalue weighted by atomic mass is 32.2. The van der Waals surface area contributed by atoms with Crippen LogP contribution >= 0.6 is 0 Å². The quantitative estimate of drug-likeness (QED) is 0.843. The number of sulfonamides is 1. The second-order valence-electron chi connectivity index (χ2n) is 4.06. The van der Waals surface area contributed by atoms with Gasteiger partial charge in [0.15, 0.2) is 0 Å². The molecular formula is C11H14N2O3S. The summed E-state index contributed by atoms with van der Waals surface area (Å²) in [5.41, 5.74) is 6.42. The van der Waals surface area contributed by atoms with E-state index >= 15 is 0 Å². The van der Waals surface area contributed by atoms with E-state index in [9.17, 15) is 13.2 Å². The average Bonchev–Trinajstić information content (AvgIpc) is 2.59. The van der Waals surface area contributed by atoms with Crippen LogP contribution in [0.3, 0.4) is 0 Å². The molecule has 0 saturated carbocycles. The lowest BCUT2D eigenvalue weighted by atomic mass is 10.1. The maximum Gasteiger partial charge on any atom is 0.248 e. The fourth-order valence-electron chi connectivity index (χ4n) is 1.85. The molecule has 0 radical (unpaired) electrons. The highest BCUT2D eigenvalue weighted by molar-refractivity contribution is 7.89. The molecule has 2 rings (SSSR count). The Kier molecular flexibility index (Phi) is 3.17. The van der Waals surface area contributed by atoms with Gasteiger partial charge in [-0.15, -0.1) is 0 Å². The molecule has 1 amide bonds. The Hall–Kier alpha value is -1.40. The fourth-order valence-corrected chi connectivity index (χ4v) is 3.35. The topological polar surface area (TPSA) is 80.5 Å². The molecule has 5 nitrogen and oxygen atoms in total. The number of carbonyl (C=O) groups excluding carboxylic acids is 1. The van der Waals surface area contributed by atoms with E-state index in [1.165, 1.54) is 4.31 Å². The Morgan fingerprint density at radius 2 is 1.94 bits per heavy atom. The van der Waals surface area contributed by atoms with Crippen LogP contribution in [0.4, 0.5) is 0 Å². The molecule has 1 heterocycles. The number of primary amides is 1. The van der Waals surface area contributed by atoms with Crippen molar-refractivity contribution in [3.05, 3.63) is 35.4 Å². The lowest BCUT2D eigenvalue weighted by Crippen LogP contribution is -2.25. The molecule has 0 unspecified atom stereocenters. The predicted octanol–water partition coefficient (Wildman–Crippen LogP) is 0.321. The zero-order valence-corrected chi connectivity index (χ0v) is 10.1. The third-order valence-corrected chi connectivity index (χ3v) is 4.70. The summed E-state index contributed by atoms with van der Waals surface area (Å²) in [6.07, 6.45) is 0.682. The number of nitrogens with two attached hydrogens (primary N) is 1. The minimum absolute atomic E-state index is 0.229. The first-order valence-electron chi connectivity index (χ1n) is 5.35. The first-order valence-corrected chi connectivity index (χ1v) is 6.96. The number of nitrogens with zero attached hydrogens (tertiary/aromatic N) is 1. The first kappa shape index (κ1) is 12.1. The van der Waals surface area contributed by atoms with Gasteiger partial charge in [0.05, 0.1) is 5.75 Å². The Morgan fingerprint density at radius 3 is 2.41 bits per heavy atom. The molecular weight excluding hydrogens is 240 g/mol. The van der Waals surface area contributed by atoms with Gasteiger partial charge in [-0.05, 0) is 24.1 Å². The molecule has 0 bridgehead atoms. The van der Waals surface area contributed by atoms with E-state index in [-0.39, 0.29) is 5.75 Å². The van der Waals surface area contributed by atoms with Crippen molar-refractivity contribution in [2.24, 2.45) is 5.73 Å². The van der Waals surface area contributed by atoms with Crippen molar-refractivity contribution in [2.75, 3.05) is 12.3 Å².